The number of thiophene rings is 2. The number of rotatable bonds is 4. The average molecular weight is 391 g/mol. The van der Waals surface area contributed by atoms with Crippen molar-refractivity contribution >= 4 is 50.2 Å². The predicted octanol–water partition coefficient (Wildman–Crippen LogP) is 3.21. The molecule has 9 heteroatoms. The van der Waals surface area contributed by atoms with Gasteiger partial charge in [-0.2, -0.15) is 0 Å². The number of amides is 1. The summed E-state index contributed by atoms with van der Waals surface area (Å²) in [5, 5.41) is 0. The number of nitrogens with one attached hydrogen (secondary N) is 2. The fourth-order valence-electron chi connectivity index (χ4n) is 2.49. The number of hydrazine groups is 1. The van der Waals surface area contributed by atoms with Crippen LogP contribution in [0.3, 0.4) is 0 Å². The molecule has 2 heterocycles. The second-order valence-corrected chi connectivity index (χ2v) is 10.3. The molecule has 2 aromatic rings. The van der Waals surface area contributed by atoms with Gasteiger partial charge in [0.05, 0.1) is 9.21 Å². The van der Waals surface area contributed by atoms with E-state index < -0.39 is 15.9 Å². The van der Waals surface area contributed by atoms with Gasteiger partial charge in [0.1, 0.15) is 4.21 Å². The second kappa shape index (κ2) is 6.52. The van der Waals surface area contributed by atoms with Crippen molar-refractivity contribution in [3.63, 3.8) is 0 Å². The summed E-state index contributed by atoms with van der Waals surface area (Å²) in [5.41, 5.74) is 3.47. The van der Waals surface area contributed by atoms with Crippen molar-refractivity contribution in [2.45, 2.75) is 30.4 Å². The Morgan fingerprint density at radius 1 is 1.35 bits per heavy atom. The molecule has 124 valence electrons. The minimum atomic E-state index is -3.80. The number of carbonyl (C=O) groups excluding carboxylic acids is 1. The maximum absolute atomic E-state index is 12.2. The number of sulfonamides is 1. The lowest BCUT2D eigenvalue weighted by Crippen LogP contribution is -2.40. The summed E-state index contributed by atoms with van der Waals surface area (Å²) < 4.78 is 24.5. The molecule has 23 heavy (non-hydrogen) atoms. The lowest BCUT2D eigenvalue weighted by atomic mass is 9.90. The minimum absolute atomic E-state index is 0.0575. The smallest absolute Gasteiger partial charge is 0.273 e. The first kappa shape index (κ1) is 16.9. The Morgan fingerprint density at radius 3 is 2.83 bits per heavy atom. The van der Waals surface area contributed by atoms with Crippen molar-refractivity contribution in [3.8, 4) is 0 Å². The van der Waals surface area contributed by atoms with Crippen molar-refractivity contribution < 1.29 is 13.2 Å². The zero-order valence-electron chi connectivity index (χ0n) is 12.3. The fourth-order valence-corrected chi connectivity index (χ4v) is 5.91. The molecule has 0 spiro atoms. The molecule has 0 saturated heterocycles. The minimum Gasteiger partial charge on any atom is -0.273 e. The summed E-state index contributed by atoms with van der Waals surface area (Å²) in [6.07, 6.45) is 3.08. The van der Waals surface area contributed by atoms with E-state index >= 15 is 0 Å². The van der Waals surface area contributed by atoms with Crippen LogP contribution in [-0.2, 0) is 22.9 Å². The highest BCUT2D eigenvalue weighted by atomic mass is 35.5. The first-order chi connectivity index (χ1) is 10.8. The van der Waals surface area contributed by atoms with Crippen LogP contribution in [0.2, 0.25) is 4.34 Å². The Morgan fingerprint density at radius 2 is 2.13 bits per heavy atom. The number of hydrogen-bond donors (Lipinski definition) is 2. The van der Waals surface area contributed by atoms with E-state index in [1.165, 1.54) is 33.9 Å². The third-order valence-corrected chi connectivity index (χ3v) is 7.87. The standard InChI is InChI=1S/C14H15ClN2O3S3/c1-8-2-3-10-9(6-8)7-11(21-10)14(18)16-17-23(19,20)13-5-4-12(15)22-13/h4-5,7-8,17H,2-3,6H2,1H3,(H,16,18). The molecule has 0 aromatic carbocycles. The topological polar surface area (TPSA) is 75.3 Å². The SMILES string of the molecule is CC1CCc2sc(C(=O)NNS(=O)(=O)c3ccc(Cl)s3)cc2C1. The summed E-state index contributed by atoms with van der Waals surface area (Å²) >= 11 is 8.10. The lowest BCUT2D eigenvalue weighted by molar-refractivity contribution is 0.0949. The second-order valence-electron chi connectivity index (χ2n) is 5.53. The van der Waals surface area contributed by atoms with Crippen molar-refractivity contribution in [2.24, 2.45) is 5.92 Å². The van der Waals surface area contributed by atoms with Gasteiger partial charge in [0, 0.05) is 4.88 Å². The molecule has 5 nitrogen and oxygen atoms in total. The van der Waals surface area contributed by atoms with Crippen molar-refractivity contribution in [1.82, 2.24) is 10.3 Å². The van der Waals surface area contributed by atoms with Gasteiger partial charge in [0.15, 0.2) is 0 Å². The number of aryl methyl sites for hydroxylation is 1. The van der Waals surface area contributed by atoms with Crippen molar-refractivity contribution in [3.05, 3.63) is 37.9 Å². The van der Waals surface area contributed by atoms with E-state index in [1.54, 1.807) is 0 Å². The molecule has 0 aliphatic heterocycles. The van der Waals surface area contributed by atoms with E-state index in [4.69, 9.17) is 11.6 Å². The maximum atomic E-state index is 12.2. The van der Waals surface area contributed by atoms with Crippen LogP contribution in [0.1, 0.15) is 33.5 Å². The lowest BCUT2D eigenvalue weighted by Gasteiger charge is -2.16. The highest BCUT2D eigenvalue weighted by Gasteiger charge is 2.22. The van der Waals surface area contributed by atoms with Gasteiger partial charge in [-0.1, -0.05) is 18.5 Å². The molecule has 0 fully saturated rings. The maximum Gasteiger partial charge on any atom is 0.276 e. The molecule has 1 aliphatic rings. The molecule has 3 rings (SSSR count). The highest BCUT2D eigenvalue weighted by molar-refractivity contribution is 7.91. The van der Waals surface area contributed by atoms with E-state index in [2.05, 4.69) is 17.2 Å². The Hall–Kier alpha value is -0.930. The number of hydrogen-bond acceptors (Lipinski definition) is 5. The Labute approximate surface area is 147 Å². The molecule has 2 aromatic heterocycles. The highest BCUT2D eigenvalue weighted by Crippen LogP contribution is 2.32. The van der Waals surface area contributed by atoms with Gasteiger partial charge in [0.25, 0.3) is 15.9 Å². The molecule has 1 amide bonds. The van der Waals surface area contributed by atoms with Crippen molar-refractivity contribution in [2.75, 3.05) is 0 Å². The van der Waals surface area contributed by atoms with Gasteiger partial charge < -0.3 is 0 Å². The van der Waals surface area contributed by atoms with Crippen LogP contribution >= 0.6 is 34.3 Å². The molecular formula is C14H15ClN2O3S3. The summed E-state index contributed by atoms with van der Waals surface area (Å²) in [4.78, 5) is 16.0. The van der Waals surface area contributed by atoms with E-state index in [1.807, 2.05) is 6.07 Å². The molecule has 1 aliphatic carbocycles. The first-order valence-corrected chi connectivity index (χ1v) is 10.5. The van der Waals surface area contributed by atoms with Gasteiger partial charge in [-0.25, -0.2) is 8.42 Å². The molecule has 0 bridgehead atoms. The number of fused-ring (bicyclic) bond motifs is 1. The van der Waals surface area contributed by atoms with Crippen molar-refractivity contribution in [1.29, 1.82) is 0 Å². The molecule has 0 radical (unpaired) electrons. The molecule has 1 atom stereocenters. The van der Waals surface area contributed by atoms with Gasteiger partial charge in [0.2, 0.25) is 0 Å². The molecular weight excluding hydrogens is 376 g/mol. The Bertz CT molecular complexity index is 841. The molecule has 2 N–H and O–H groups in total. The zero-order chi connectivity index (χ0) is 16.6. The summed E-state index contributed by atoms with van der Waals surface area (Å²) in [6.45, 7) is 2.20. The largest absolute Gasteiger partial charge is 0.276 e. The van der Waals surface area contributed by atoms with Crippen LogP contribution in [0.15, 0.2) is 22.4 Å². The third-order valence-electron chi connectivity index (χ3n) is 3.67. The monoisotopic (exact) mass is 390 g/mol. The third kappa shape index (κ3) is 3.77. The van der Waals surface area contributed by atoms with E-state index in [0.717, 1.165) is 30.6 Å². The van der Waals surface area contributed by atoms with Crippen LogP contribution in [0.5, 0.6) is 0 Å². The average Bonchev–Trinajstić information content (AvgIpc) is 3.11. The fraction of sp³-hybridized carbons (Fsp3) is 0.357. The van der Waals surface area contributed by atoms with E-state index in [0.29, 0.717) is 15.1 Å². The molecule has 0 saturated carbocycles. The molecule has 1 unspecified atom stereocenters. The Kier molecular flexibility index (Phi) is 4.80. The van der Waals surface area contributed by atoms with Crippen LogP contribution in [0.25, 0.3) is 0 Å². The zero-order valence-corrected chi connectivity index (χ0v) is 15.5. The number of carbonyl (C=O) groups is 1. The van der Waals surface area contributed by atoms with Crippen LogP contribution in [0, 0.1) is 5.92 Å². The summed E-state index contributed by atoms with van der Waals surface area (Å²) in [5.74, 6) is 0.179. The van der Waals surface area contributed by atoms with Gasteiger partial charge >= 0.3 is 0 Å². The predicted molar refractivity (Wildman–Crippen MR) is 92.6 cm³/mol. The van der Waals surface area contributed by atoms with Crippen LogP contribution in [-0.4, -0.2) is 14.3 Å². The summed E-state index contributed by atoms with van der Waals surface area (Å²) in [6, 6.07) is 4.76. The van der Waals surface area contributed by atoms with Gasteiger partial charge in [-0.05, 0) is 48.9 Å². The van der Waals surface area contributed by atoms with Gasteiger partial charge in [-0.15, -0.1) is 27.5 Å². The normalized spacial score (nSPS) is 17.7. The Balaban J connectivity index is 1.68. The van der Waals surface area contributed by atoms with E-state index in [-0.39, 0.29) is 4.21 Å². The quantitative estimate of drug-likeness (QED) is 0.787. The summed E-state index contributed by atoms with van der Waals surface area (Å²) in [7, 11) is -3.80. The van der Waals surface area contributed by atoms with Crippen LogP contribution in [0.4, 0.5) is 0 Å². The van der Waals surface area contributed by atoms with E-state index in [9.17, 15) is 13.2 Å². The first-order valence-electron chi connectivity index (χ1n) is 7.04. The number of halogens is 1. The van der Waals surface area contributed by atoms with Gasteiger partial charge in [-0.3, -0.25) is 10.2 Å². The van der Waals surface area contributed by atoms with Crippen LogP contribution < -0.4 is 10.3 Å².